The minimum Gasteiger partial charge on any atom is -0.490 e. The van der Waals surface area contributed by atoms with E-state index in [0.717, 1.165) is 11.1 Å². The second-order valence-corrected chi connectivity index (χ2v) is 9.42. The smallest absolute Gasteiger partial charge is 0.412 e. The number of alkyl halides is 4. The van der Waals surface area contributed by atoms with Gasteiger partial charge in [0.1, 0.15) is 10.6 Å². The zero-order chi connectivity index (χ0) is 22.5. The summed E-state index contributed by atoms with van der Waals surface area (Å²) in [7, 11) is 0. The number of hydrogen-bond acceptors (Lipinski definition) is 3. The van der Waals surface area contributed by atoms with Gasteiger partial charge in [-0.1, -0.05) is 65.1 Å². The zero-order valence-electron chi connectivity index (χ0n) is 16.4. The van der Waals surface area contributed by atoms with Crippen molar-refractivity contribution in [2.45, 2.75) is 36.6 Å². The molecule has 0 saturated heterocycles. The Morgan fingerprint density at radius 3 is 2.13 bits per heavy atom. The lowest BCUT2D eigenvalue weighted by Gasteiger charge is -2.28. The fourth-order valence-corrected chi connectivity index (χ4v) is 3.52. The van der Waals surface area contributed by atoms with Crippen LogP contribution < -0.4 is 9.47 Å². The van der Waals surface area contributed by atoms with Gasteiger partial charge in [0.05, 0.1) is 23.3 Å². The first-order valence-electron chi connectivity index (χ1n) is 9.13. The second kappa shape index (κ2) is 10.7. The molecule has 0 amide bonds. The van der Waals surface area contributed by atoms with Gasteiger partial charge in [-0.25, -0.2) is 0 Å². The SMILES string of the molecule is CC(C)(c1ccc(OC(F)(F)C(Br)CO)cc1)c1cc(Cl)c(OCCCCl)c(Cl)c1. The lowest BCUT2D eigenvalue weighted by molar-refractivity contribution is -0.178. The van der Waals surface area contributed by atoms with E-state index < -0.39 is 23.0 Å². The quantitative estimate of drug-likeness (QED) is 0.256. The molecule has 30 heavy (non-hydrogen) atoms. The number of ether oxygens (including phenoxy) is 2. The summed E-state index contributed by atoms with van der Waals surface area (Å²) in [5.41, 5.74) is 1.16. The minimum atomic E-state index is -3.55. The van der Waals surface area contributed by atoms with Crippen LogP contribution in [0.15, 0.2) is 36.4 Å². The van der Waals surface area contributed by atoms with E-state index in [-0.39, 0.29) is 5.75 Å². The molecule has 0 aromatic heterocycles. The molecule has 2 aromatic carbocycles. The van der Waals surface area contributed by atoms with Crippen molar-refractivity contribution in [3.8, 4) is 11.5 Å². The van der Waals surface area contributed by atoms with E-state index in [1.807, 2.05) is 13.8 Å². The fourth-order valence-electron chi connectivity index (χ4n) is 2.72. The second-order valence-electron chi connectivity index (χ2n) is 7.12. The number of benzene rings is 2. The van der Waals surface area contributed by atoms with Crippen LogP contribution in [-0.4, -0.2) is 35.1 Å². The summed E-state index contributed by atoms with van der Waals surface area (Å²) < 4.78 is 38.1. The standard InChI is InChI=1S/C21H22BrCl3F2O3/c1-20(2,14-10-16(24)19(17(25)11-14)29-9-3-8-23)13-4-6-15(7-5-13)30-21(26,27)18(22)12-28/h4-7,10-11,18,28H,3,8-9,12H2,1-2H3. The fraction of sp³-hybridized carbons (Fsp3) is 0.429. The van der Waals surface area contributed by atoms with Crippen molar-refractivity contribution >= 4 is 50.7 Å². The number of halogens is 6. The summed E-state index contributed by atoms with van der Waals surface area (Å²) >= 11 is 21.1. The molecule has 2 rings (SSSR count). The van der Waals surface area contributed by atoms with Gasteiger partial charge in [-0.2, -0.15) is 8.78 Å². The van der Waals surface area contributed by atoms with Crippen LogP contribution in [0.25, 0.3) is 0 Å². The highest BCUT2D eigenvalue weighted by atomic mass is 79.9. The molecular weight excluding hydrogens is 524 g/mol. The van der Waals surface area contributed by atoms with Crippen LogP contribution in [0.5, 0.6) is 11.5 Å². The molecule has 0 radical (unpaired) electrons. The van der Waals surface area contributed by atoms with Gasteiger partial charge >= 0.3 is 6.11 Å². The molecule has 1 N–H and O–H groups in total. The van der Waals surface area contributed by atoms with Crippen molar-refractivity contribution in [2.24, 2.45) is 0 Å². The van der Waals surface area contributed by atoms with Gasteiger partial charge < -0.3 is 14.6 Å². The first kappa shape index (κ1) is 25.5. The monoisotopic (exact) mass is 544 g/mol. The highest BCUT2D eigenvalue weighted by molar-refractivity contribution is 9.09. The lowest BCUT2D eigenvalue weighted by atomic mass is 9.78. The predicted octanol–water partition coefficient (Wildman–Crippen LogP) is 7.05. The summed E-state index contributed by atoms with van der Waals surface area (Å²) in [5, 5.41) is 9.67. The first-order chi connectivity index (χ1) is 14.0. The van der Waals surface area contributed by atoms with E-state index in [1.54, 1.807) is 24.3 Å². The average molecular weight is 547 g/mol. The van der Waals surface area contributed by atoms with Gasteiger partial charge in [0.15, 0.2) is 5.75 Å². The topological polar surface area (TPSA) is 38.7 Å². The Bertz CT molecular complexity index is 825. The maximum Gasteiger partial charge on any atom is 0.412 e. The molecule has 1 atom stereocenters. The number of rotatable bonds is 10. The van der Waals surface area contributed by atoms with Crippen molar-refractivity contribution in [2.75, 3.05) is 19.1 Å². The van der Waals surface area contributed by atoms with Crippen LogP contribution in [-0.2, 0) is 5.41 Å². The van der Waals surface area contributed by atoms with Crippen LogP contribution >= 0.6 is 50.7 Å². The van der Waals surface area contributed by atoms with Crippen molar-refractivity contribution in [3.63, 3.8) is 0 Å². The minimum absolute atomic E-state index is 0.0171. The summed E-state index contributed by atoms with van der Waals surface area (Å²) in [5.74, 6) is 0.862. The summed E-state index contributed by atoms with van der Waals surface area (Å²) in [6, 6.07) is 9.85. The van der Waals surface area contributed by atoms with E-state index in [9.17, 15) is 8.78 Å². The molecule has 0 bridgehead atoms. The molecule has 166 valence electrons. The van der Waals surface area contributed by atoms with E-state index in [0.29, 0.717) is 34.7 Å². The van der Waals surface area contributed by atoms with Gasteiger partial charge in [-0.3, -0.25) is 0 Å². The maximum absolute atomic E-state index is 13.9. The summed E-state index contributed by atoms with van der Waals surface area (Å²) in [4.78, 5) is -1.50. The molecule has 2 aromatic rings. The van der Waals surface area contributed by atoms with Crippen molar-refractivity contribution in [1.82, 2.24) is 0 Å². The van der Waals surface area contributed by atoms with Gasteiger partial charge in [0, 0.05) is 11.3 Å². The molecule has 0 aliphatic heterocycles. The molecule has 9 heteroatoms. The van der Waals surface area contributed by atoms with Crippen molar-refractivity contribution < 1.29 is 23.4 Å². The van der Waals surface area contributed by atoms with Crippen molar-refractivity contribution in [3.05, 3.63) is 57.6 Å². The highest BCUT2D eigenvalue weighted by Crippen LogP contribution is 2.41. The van der Waals surface area contributed by atoms with Crippen LogP contribution in [0, 0.1) is 0 Å². The Kier molecular flexibility index (Phi) is 9.07. The lowest BCUT2D eigenvalue weighted by Crippen LogP contribution is -2.37. The molecule has 0 fully saturated rings. The molecule has 0 saturated carbocycles. The Hall–Kier alpha value is -0.790. The summed E-state index contributed by atoms with van der Waals surface area (Å²) in [6.07, 6.45) is -2.88. The van der Waals surface area contributed by atoms with Crippen molar-refractivity contribution in [1.29, 1.82) is 0 Å². The predicted molar refractivity (Wildman–Crippen MR) is 121 cm³/mol. The molecule has 1 unspecified atom stereocenters. The molecule has 0 heterocycles. The Morgan fingerprint density at radius 2 is 1.63 bits per heavy atom. The largest absolute Gasteiger partial charge is 0.490 e. The van der Waals surface area contributed by atoms with E-state index >= 15 is 0 Å². The van der Waals surface area contributed by atoms with Crippen LogP contribution in [0.2, 0.25) is 10.0 Å². The third-order valence-electron chi connectivity index (χ3n) is 4.60. The van der Waals surface area contributed by atoms with Crippen LogP contribution in [0.3, 0.4) is 0 Å². The molecule has 0 spiro atoms. The Balaban J connectivity index is 2.24. The van der Waals surface area contributed by atoms with Gasteiger partial charge in [0.2, 0.25) is 0 Å². The molecule has 3 nitrogen and oxygen atoms in total. The van der Waals surface area contributed by atoms with E-state index in [2.05, 4.69) is 15.9 Å². The third-order valence-corrected chi connectivity index (χ3v) is 6.25. The Labute approximate surface area is 198 Å². The zero-order valence-corrected chi connectivity index (χ0v) is 20.3. The normalized spacial score (nSPS) is 13.2. The third kappa shape index (κ3) is 6.13. The first-order valence-corrected chi connectivity index (χ1v) is 11.3. The van der Waals surface area contributed by atoms with Crippen LogP contribution in [0.4, 0.5) is 8.78 Å². The van der Waals surface area contributed by atoms with Gasteiger partial charge in [0.25, 0.3) is 0 Å². The van der Waals surface area contributed by atoms with Gasteiger partial charge in [-0.15, -0.1) is 11.6 Å². The number of aliphatic hydroxyl groups is 1. The van der Waals surface area contributed by atoms with Gasteiger partial charge in [-0.05, 0) is 41.8 Å². The summed E-state index contributed by atoms with van der Waals surface area (Å²) in [6.45, 7) is 3.58. The Morgan fingerprint density at radius 1 is 1.07 bits per heavy atom. The number of aliphatic hydroxyl groups excluding tert-OH is 1. The number of hydrogen-bond donors (Lipinski definition) is 1. The molecule has 0 aliphatic carbocycles. The maximum atomic E-state index is 13.9. The molecule has 0 aliphatic rings. The average Bonchev–Trinajstić information content (AvgIpc) is 2.69. The van der Waals surface area contributed by atoms with Crippen LogP contribution in [0.1, 0.15) is 31.4 Å². The van der Waals surface area contributed by atoms with E-state index in [4.69, 9.17) is 49.4 Å². The van der Waals surface area contributed by atoms with E-state index in [1.165, 1.54) is 12.1 Å². The molecular formula is C21H22BrCl3F2O3. The highest BCUT2D eigenvalue weighted by Gasteiger charge is 2.40.